The Balaban J connectivity index is 1.67. The van der Waals surface area contributed by atoms with Crippen LogP contribution in [0.15, 0.2) is 45.9 Å². The van der Waals surface area contributed by atoms with Gasteiger partial charge in [-0.25, -0.2) is 0 Å². The summed E-state index contributed by atoms with van der Waals surface area (Å²) in [5, 5.41) is 11.1. The van der Waals surface area contributed by atoms with Crippen molar-refractivity contribution in [1.29, 1.82) is 0 Å². The molecule has 0 saturated heterocycles. The Morgan fingerprint density at radius 2 is 2.17 bits per heavy atom. The van der Waals surface area contributed by atoms with E-state index in [1.807, 2.05) is 50.2 Å². The number of benzene rings is 1. The van der Waals surface area contributed by atoms with Crippen molar-refractivity contribution < 1.29 is 9.15 Å². The van der Waals surface area contributed by atoms with Crippen LogP contribution in [-0.2, 0) is 13.0 Å². The van der Waals surface area contributed by atoms with E-state index in [9.17, 15) is 0 Å². The molecule has 2 aromatic heterocycles. The molecule has 3 rings (SSSR count). The molecule has 124 valence electrons. The molecule has 0 saturated carbocycles. The molecule has 0 radical (unpaired) electrons. The zero-order valence-corrected chi connectivity index (χ0v) is 14.3. The number of aryl methyl sites for hydroxylation is 2. The first-order chi connectivity index (χ1) is 11.7. The molecular formula is C17H18N4O2S. The molecule has 0 amide bonds. The van der Waals surface area contributed by atoms with Gasteiger partial charge in [-0.3, -0.25) is 5.10 Å². The van der Waals surface area contributed by atoms with Crippen LogP contribution in [0.1, 0.15) is 29.8 Å². The number of rotatable bonds is 6. The number of hydrogen-bond acceptors (Lipinski definition) is 5. The minimum absolute atomic E-state index is 0.365. The standard InChI is InChI=1S/C17H18N4O2S/c1-3-16-19-20-17(24)21(16)18-10-13-8-9-14(23-13)11-22-15-7-5-4-6-12(15)2/h4-10H,3,11H2,1-2H3,(H,20,24). The van der Waals surface area contributed by atoms with Gasteiger partial charge < -0.3 is 9.15 Å². The van der Waals surface area contributed by atoms with E-state index in [0.29, 0.717) is 17.1 Å². The zero-order chi connectivity index (χ0) is 16.9. The summed E-state index contributed by atoms with van der Waals surface area (Å²) < 4.78 is 13.5. The summed E-state index contributed by atoms with van der Waals surface area (Å²) in [6, 6.07) is 11.6. The number of ether oxygens (including phenoxy) is 1. The van der Waals surface area contributed by atoms with Gasteiger partial charge in [0.15, 0.2) is 5.82 Å². The maximum absolute atomic E-state index is 5.77. The molecule has 1 N–H and O–H groups in total. The number of hydrogen-bond donors (Lipinski definition) is 1. The summed E-state index contributed by atoms with van der Waals surface area (Å²) in [5.74, 6) is 2.97. The van der Waals surface area contributed by atoms with Crippen molar-refractivity contribution in [2.24, 2.45) is 5.10 Å². The summed E-state index contributed by atoms with van der Waals surface area (Å²) in [4.78, 5) is 0. The van der Waals surface area contributed by atoms with Crippen LogP contribution >= 0.6 is 12.2 Å². The molecule has 0 aliphatic rings. The monoisotopic (exact) mass is 342 g/mol. The third-order valence-electron chi connectivity index (χ3n) is 3.48. The van der Waals surface area contributed by atoms with Crippen molar-refractivity contribution in [3.05, 3.63) is 64.1 Å². The third kappa shape index (κ3) is 3.62. The van der Waals surface area contributed by atoms with E-state index < -0.39 is 0 Å². The summed E-state index contributed by atoms with van der Waals surface area (Å²) in [7, 11) is 0. The van der Waals surface area contributed by atoms with Gasteiger partial charge in [0.2, 0.25) is 4.77 Å². The Hall–Kier alpha value is -2.67. The molecule has 6 nitrogen and oxygen atoms in total. The summed E-state index contributed by atoms with van der Waals surface area (Å²) in [6.07, 6.45) is 2.35. The highest BCUT2D eigenvalue weighted by atomic mass is 32.1. The first-order valence-electron chi connectivity index (χ1n) is 7.65. The van der Waals surface area contributed by atoms with Crippen molar-refractivity contribution >= 4 is 18.4 Å². The summed E-state index contributed by atoms with van der Waals surface area (Å²) in [5.41, 5.74) is 1.09. The molecule has 7 heteroatoms. The molecule has 24 heavy (non-hydrogen) atoms. The van der Waals surface area contributed by atoms with Crippen LogP contribution in [0.5, 0.6) is 5.75 Å². The second-order valence-electron chi connectivity index (χ2n) is 5.21. The SMILES string of the molecule is CCc1n[nH]c(=S)n1N=Cc1ccc(COc2ccccc2C)o1. The van der Waals surface area contributed by atoms with E-state index in [0.717, 1.165) is 29.3 Å². The fraction of sp³-hybridized carbons (Fsp3) is 0.235. The van der Waals surface area contributed by atoms with Crippen molar-refractivity contribution in [2.75, 3.05) is 0 Å². The van der Waals surface area contributed by atoms with Gasteiger partial charge in [0, 0.05) is 6.42 Å². The van der Waals surface area contributed by atoms with Gasteiger partial charge in [-0.05, 0) is 42.9 Å². The van der Waals surface area contributed by atoms with Crippen molar-refractivity contribution in [3.8, 4) is 5.75 Å². The molecule has 0 unspecified atom stereocenters. The average Bonchev–Trinajstić information content (AvgIpc) is 3.18. The number of aromatic amines is 1. The van der Waals surface area contributed by atoms with Crippen LogP contribution < -0.4 is 4.74 Å². The quantitative estimate of drug-likeness (QED) is 0.545. The minimum atomic E-state index is 0.365. The Bertz CT molecular complexity index is 907. The summed E-state index contributed by atoms with van der Waals surface area (Å²) in [6.45, 7) is 4.37. The first-order valence-corrected chi connectivity index (χ1v) is 8.06. The second kappa shape index (κ2) is 7.27. The normalized spacial score (nSPS) is 11.2. The second-order valence-corrected chi connectivity index (χ2v) is 5.60. The Kier molecular flexibility index (Phi) is 4.90. The molecule has 0 aliphatic carbocycles. The highest BCUT2D eigenvalue weighted by Crippen LogP contribution is 2.18. The van der Waals surface area contributed by atoms with Gasteiger partial charge in [-0.1, -0.05) is 25.1 Å². The van der Waals surface area contributed by atoms with E-state index in [1.54, 1.807) is 10.9 Å². The molecule has 0 fully saturated rings. The van der Waals surface area contributed by atoms with Crippen LogP contribution in [0.2, 0.25) is 0 Å². The lowest BCUT2D eigenvalue weighted by Crippen LogP contribution is -1.97. The molecule has 1 aromatic carbocycles. The van der Waals surface area contributed by atoms with E-state index in [-0.39, 0.29) is 0 Å². The number of nitrogens with one attached hydrogen (secondary N) is 1. The van der Waals surface area contributed by atoms with Crippen LogP contribution in [-0.4, -0.2) is 21.1 Å². The molecule has 0 spiro atoms. The Morgan fingerprint density at radius 1 is 1.33 bits per heavy atom. The zero-order valence-electron chi connectivity index (χ0n) is 13.5. The molecule has 3 aromatic rings. The van der Waals surface area contributed by atoms with Crippen molar-refractivity contribution in [1.82, 2.24) is 14.9 Å². The number of para-hydroxylation sites is 1. The van der Waals surface area contributed by atoms with Crippen molar-refractivity contribution in [3.63, 3.8) is 0 Å². The fourth-order valence-electron chi connectivity index (χ4n) is 2.20. The van der Waals surface area contributed by atoms with Crippen molar-refractivity contribution in [2.45, 2.75) is 26.9 Å². The lowest BCUT2D eigenvalue weighted by Gasteiger charge is -2.06. The maximum atomic E-state index is 5.77. The summed E-state index contributed by atoms with van der Waals surface area (Å²) >= 11 is 5.15. The van der Waals surface area contributed by atoms with Gasteiger partial charge >= 0.3 is 0 Å². The smallest absolute Gasteiger partial charge is 0.216 e. The highest BCUT2D eigenvalue weighted by Gasteiger charge is 2.05. The van der Waals surface area contributed by atoms with E-state index in [2.05, 4.69) is 15.3 Å². The highest BCUT2D eigenvalue weighted by molar-refractivity contribution is 7.71. The van der Waals surface area contributed by atoms with Gasteiger partial charge in [0.1, 0.15) is 23.9 Å². The molecule has 0 atom stereocenters. The Labute approximate surface area is 144 Å². The topological polar surface area (TPSA) is 68.3 Å². The van der Waals surface area contributed by atoms with Gasteiger partial charge in [-0.2, -0.15) is 14.9 Å². The minimum Gasteiger partial charge on any atom is -0.485 e. The van der Waals surface area contributed by atoms with Gasteiger partial charge in [0.25, 0.3) is 0 Å². The van der Waals surface area contributed by atoms with E-state index >= 15 is 0 Å². The van der Waals surface area contributed by atoms with Crippen LogP contribution in [0, 0.1) is 11.7 Å². The number of nitrogens with zero attached hydrogens (tertiary/aromatic N) is 3. The first kappa shape index (κ1) is 16.2. The number of H-pyrrole nitrogens is 1. The largest absolute Gasteiger partial charge is 0.485 e. The van der Waals surface area contributed by atoms with Crippen LogP contribution in [0.25, 0.3) is 0 Å². The number of furan rings is 1. The third-order valence-corrected chi connectivity index (χ3v) is 3.74. The number of aromatic nitrogens is 3. The van der Waals surface area contributed by atoms with Crippen LogP contribution in [0.4, 0.5) is 0 Å². The predicted octanol–water partition coefficient (Wildman–Crippen LogP) is 3.87. The van der Waals surface area contributed by atoms with E-state index in [1.165, 1.54) is 0 Å². The molecule has 2 heterocycles. The maximum Gasteiger partial charge on any atom is 0.216 e. The average molecular weight is 342 g/mol. The van der Waals surface area contributed by atoms with Gasteiger partial charge in [0.05, 0.1) is 6.21 Å². The molecular weight excluding hydrogens is 324 g/mol. The fourth-order valence-corrected chi connectivity index (χ4v) is 2.39. The van der Waals surface area contributed by atoms with E-state index in [4.69, 9.17) is 21.4 Å². The molecule has 0 aliphatic heterocycles. The predicted molar refractivity (Wildman–Crippen MR) is 94.0 cm³/mol. The Morgan fingerprint density at radius 3 is 2.96 bits per heavy atom. The lowest BCUT2D eigenvalue weighted by molar-refractivity contribution is 0.268. The lowest BCUT2D eigenvalue weighted by atomic mass is 10.2. The molecule has 0 bridgehead atoms. The van der Waals surface area contributed by atoms with Crippen LogP contribution in [0.3, 0.4) is 0 Å². The van der Waals surface area contributed by atoms with Gasteiger partial charge in [-0.15, -0.1) is 0 Å².